The number of nitrogens with zero attached hydrogens (tertiary/aromatic N) is 2. The minimum Gasteiger partial charge on any atom is -0.507 e. The number of hydrogen-bond donors (Lipinski definition) is 3. The summed E-state index contributed by atoms with van der Waals surface area (Å²) in [5.41, 5.74) is 1.39. The number of phenolic OH excluding ortho intramolecular Hbond substituents is 2. The van der Waals surface area contributed by atoms with Gasteiger partial charge < -0.3 is 24.6 Å². The van der Waals surface area contributed by atoms with Gasteiger partial charge in [-0.3, -0.25) is 0 Å². The first-order valence-corrected chi connectivity index (χ1v) is 9.35. The van der Waals surface area contributed by atoms with Gasteiger partial charge in [-0.15, -0.1) is 0 Å². The second-order valence-corrected chi connectivity index (χ2v) is 6.98. The Hall–Kier alpha value is -4.33. The van der Waals surface area contributed by atoms with E-state index < -0.39 is 11.9 Å². The zero-order valence-corrected chi connectivity index (χ0v) is 16.2. The predicted octanol–water partition coefficient (Wildman–Crippen LogP) is 3.55. The van der Waals surface area contributed by atoms with Crippen molar-refractivity contribution in [3.05, 3.63) is 89.5 Å². The standard InChI is InChI=1S/C23H18N2O6/c26-20-11-16-5-6-17(23(30)31-13-25-8-7-24-12-25)10-18(16)21(27)19(20)9-14-1-3-15(4-2-14)22(28)29/h1-8,10-12,26-27H,9,13H2,(H,28,29). The van der Waals surface area contributed by atoms with E-state index in [4.69, 9.17) is 9.84 Å². The lowest BCUT2D eigenvalue weighted by molar-refractivity contribution is 0.0372. The summed E-state index contributed by atoms with van der Waals surface area (Å²) >= 11 is 0. The van der Waals surface area contributed by atoms with Gasteiger partial charge in [0.1, 0.15) is 11.5 Å². The Bertz CT molecular complexity index is 1260. The first-order valence-electron chi connectivity index (χ1n) is 9.35. The quantitative estimate of drug-likeness (QED) is 0.409. The Balaban J connectivity index is 1.62. The summed E-state index contributed by atoms with van der Waals surface area (Å²) in [5.74, 6) is -1.84. The van der Waals surface area contributed by atoms with Crippen molar-refractivity contribution in [1.29, 1.82) is 0 Å². The van der Waals surface area contributed by atoms with Crippen molar-refractivity contribution < 1.29 is 29.6 Å². The highest BCUT2D eigenvalue weighted by molar-refractivity contribution is 5.98. The molecule has 1 heterocycles. The van der Waals surface area contributed by atoms with Gasteiger partial charge in [0.2, 0.25) is 0 Å². The first-order chi connectivity index (χ1) is 14.9. The van der Waals surface area contributed by atoms with Gasteiger partial charge in [-0.05, 0) is 41.3 Å². The molecule has 4 rings (SSSR count). The van der Waals surface area contributed by atoms with E-state index in [2.05, 4.69) is 4.98 Å². The van der Waals surface area contributed by atoms with Gasteiger partial charge in [0.15, 0.2) is 6.73 Å². The Kier molecular flexibility index (Phi) is 5.28. The number of esters is 1. The van der Waals surface area contributed by atoms with Crippen LogP contribution in [0.2, 0.25) is 0 Å². The van der Waals surface area contributed by atoms with Gasteiger partial charge in [-0.1, -0.05) is 18.2 Å². The van der Waals surface area contributed by atoms with Crippen LogP contribution in [0, 0.1) is 0 Å². The molecule has 0 saturated carbocycles. The van der Waals surface area contributed by atoms with E-state index in [1.807, 2.05) is 0 Å². The predicted molar refractivity (Wildman–Crippen MR) is 111 cm³/mol. The molecule has 0 aliphatic rings. The Morgan fingerprint density at radius 1 is 1.00 bits per heavy atom. The van der Waals surface area contributed by atoms with Crippen molar-refractivity contribution >= 4 is 22.7 Å². The number of phenols is 2. The molecule has 0 radical (unpaired) electrons. The summed E-state index contributed by atoms with van der Waals surface area (Å²) in [4.78, 5) is 27.3. The maximum Gasteiger partial charge on any atom is 0.339 e. The van der Waals surface area contributed by atoms with Crippen LogP contribution >= 0.6 is 0 Å². The van der Waals surface area contributed by atoms with Crippen LogP contribution in [0.25, 0.3) is 10.8 Å². The van der Waals surface area contributed by atoms with Crippen molar-refractivity contribution in [3.8, 4) is 11.5 Å². The number of imidazole rings is 1. The molecule has 0 bridgehead atoms. The number of fused-ring (bicyclic) bond motifs is 1. The number of ether oxygens (including phenoxy) is 1. The molecule has 156 valence electrons. The summed E-state index contributed by atoms with van der Waals surface area (Å²) in [6.07, 6.45) is 4.95. The lowest BCUT2D eigenvalue weighted by Gasteiger charge is -2.12. The summed E-state index contributed by atoms with van der Waals surface area (Å²) in [5, 5.41) is 31.2. The van der Waals surface area contributed by atoms with Crippen LogP contribution in [0.4, 0.5) is 0 Å². The van der Waals surface area contributed by atoms with Gasteiger partial charge in [-0.2, -0.15) is 0 Å². The van der Waals surface area contributed by atoms with Crippen LogP contribution in [-0.4, -0.2) is 36.8 Å². The van der Waals surface area contributed by atoms with Gasteiger partial charge in [0.25, 0.3) is 0 Å². The van der Waals surface area contributed by atoms with Crippen molar-refractivity contribution in [2.75, 3.05) is 0 Å². The number of hydrogen-bond acceptors (Lipinski definition) is 6. The number of benzene rings is 3. The Morgan fingerprint density at radius 2 is 1.74 bits per heavy atom. The van der Waals surface area contributed by atoms with Gasteiger partial charge in [-0.25, -0.2) is 14.6 Å². The van der Waals surface area contributed by atoms with Crippen molar-refractivity contribution in [1.82, 2.24) is 9.55 Å². The average Bonchev–Trinajstić information content (AvgIpc) is 3.29. The average molecular weight is 418 g/mol. The fraction of sp³-hybridized carbons (Fsp3) is 0.0870. The second-order valence-electron chi connectivity index (χ2n) is 6.98. The molecule has 0 amide bonds. The van der Waals surface area contributed by atoms with Crippen LogP contribution in [0.3, 0.4) is 0 Å². The lowest BCUT2D eigenvalue weighted by Crippen LogP contribution is -2.08. The molecule has 31 heavy (non-hydrogen) atoms. The summed E-state index contributed by atoms with van der Waals surface area (Å²) in [7, 11) is 0. The highest BCUT2D eigenvalue weighted by Crippen LogP contribution is 2.37. The summed E-state index contributed by atoms with van der Waals surface area (Å²) < 4.78 is 6.85. The number of aromatic hydroxyl groups is 2. The zero-order chi connectivity index (χ0) is 22.0. The summed E-state index contributed by atoms with van der Waals surface area (Å²) in [6, 6.07) is 12.4. The third-order valence-electron chi connectivity index (χ3n) is 4.92. The van der Waals surface area contributed by atoms with Crippen molar-refractivity contribution in [2.45, 2.75) is 13.2 Å². The highest BCUT2D eigenvalue weighted by atomic mass is 16.5. The van der Waals surface area contributed by atoms with E-state index in [0.717, 1.165) is 0 Å². The molecule has 0 aliphatic heterocycles. The lowest BCUT2D eigenvalue weighted by atomic mass is 9.97. The van der Waals surface area contributed by atoms with E-state index in [1.54, 1.807) is 41.2 Å². The molecule has 4 aromatic rings. The van der Waals surface area contributed by atoms with E-state index in [9.17, 15) is 19.8 Å². The minimum atomic E-state index is -1.03. The number of carbonyl (C=O) groups excluding carboxylic acids is 1. The van der Waals surface area contributed by atoms with E-state index in [0.29, 0.717) is 16.3 Å². The Morgan fingerprint density at radius 3 is 2.42 bits per heavy atom. The topological polar surface area (TPSA) is 122 Å². The van der Waals surface area contributed by atoms with E-state index >= 15 is 0 Å². The molecule has 3 aromatic carbocycles. The number of carboxylic acid groups (broad SMARTS) is 1. The third kappa shape index (κ3) is 4.18. The van der Waals surface area contributed by atoms with E-state index in [-0.39, 0.29) is 41.3 Å². The fourth-order valence-corrected chi connectivity index (χ4v) is 3.26. The molecule has 0 fully saturated rings. The molecule has 8 nitrogen and oxygen atoms in total. The molecule has 8 heteroatoms. The molecule has 0 atom stereocenters. The molecule has 0 spiro atoms. The normalized spacial score (nSPS) is 10.8. The monoisotopic (exact) mass is 418 g/mol. The molecule has 0 saturated heterocycles. The maximum atomic E-state index is 12.4. The number of aromatic carboxylic acids is 1. The van der Waals surface area contributed by atoms with Gasteiger partial charge in [0, 0.05) is 29.8 Å². The molecular formula is C23H18N2O6. The Labute approximate surface area is 176 Å². The molecule has 0 aliphatic carbocycles. The van der Waals surface area contributed by atoms with Crippen molar-refractivity contribution in [2.24, 2.45) is 0 Å². The van der Waals surface area contributed by atoms with Crippen LogP contribution < -0.4 is 0 Å². The van der Waals surface area contributed by atoms with Crippen LogP contribution in [0.1, 0.15) is 31.8 Å². The van der Waals surface area contributed by atoms with Crippen molar-refractivity contribution in [3.63, 3.8) is 0 Å². The van der Waals surface area contributed by atoms with Gasteiger partial charge in [0.05, 0.1) is 17.5 Å². The summed E-state index contributed by atoms with van der Waals surface area (Å²) in [6.45, 7) is 0.00994. The smallest absolute Gasteiger partial charge is 0.339 e. The molecule has 1 aromatic heterocycles. The molecule has 0 unspecified atom stereocenters. The number of carboxylic acids is 1. The number of carbonyl (C=O) groups is 2. The highest BCUT2D eigenvalue weighted by Gasteiger charge is 2.16. The van der Waals surface area contributed by atoms with Gasteiger partial charge >= 0.3 is 11.9 Å². The minimum absolute atomic E-state index is 0.00994. The zero-order valence-electron chi connectivity index (χ0n) is 16.2. The molecular weight excluding hydrogens is 400 g/mol. The van der Waals surface area contributed by atoms with Crippen LogP contribution in [0.15, 0.2) is 67.3 Å². The fourth-order valence-electron chi connectivity index (χ4n) is 3.26. The first kappa shape index (κ1) is 20.0. The number of rotatable bonds is 6. The largest absolute Gasteiger partial charge is 0.507 e. The molecule has 3 N–H and O–H groups in total. The number of aromatic nitrogens is 2. The third-order valence-corrected chi connectivity index (χ3v) is 4.92. The van der Waals surface area contributed by atoms with Crippen LogP contribution in [0.5, 0.6) is 11.5 Å². The van der Waals surface area contributed by atoms with E-state index in [1.165, 1.54) is 30.6 Å². The maximum absolute atomic E-state index is 12.4. The second kappa shape index (κ2) is 8.19. The SMILES string of the molecule is O=C(O)c1ccc(Cc2c(O)cc3ccc(C(=O)OCn4ccnc4)cc3c2O)cc1. The van der Waals surface area contributed by atoms with Crippen LogP contribution in [-0.2, 0) is 17.9 Å².